The molecule has 1 fully saturated rings. The van der Waals surface area contributed by atoms with Crippen LogP contribution in [0.25, 0.3) is 0 Å². The van der Waals surface area contributed by atoms with Crippen molar-refractivity contribution in [3.8, 4) is 0 Å². The lowest BCUT2D eigenvalue weighted by molar-refractivity contribution is 0.471. The highest BCUT2D eigenvalue weighted by atomic mass is 79.9. The first-order chi connectivity index (χ1) is 10.9. The van der Waals surface area contributed by atoms with Gasteiger partial charge in [-0.05, 0) is 30.9 Å². The van der Waals surface area contributed by atoms with Crippen molar-refractivity contribution in [2.75, 3.05) is 31.6 Å². The van der Waals surface area contributed by atoms with Crippen LogP contribution in [0.5, 0.6) is 0 Å². The van der Waals surface area contributed by atoms with E-state index in [2.05, 4.69) is 37.2 Å². The van der Waals surface area contributed by atoms with Gasteiger partial charge in [0.25, 0.3) is 0 Å². The van der Waals surface area contributed by atoms with E-state index in [0.717, 1.165) is 29.9 Å². The third kappa shape index (κ3) is 5.49. The van der Waals surface area contributed by atoms with Gasteiger partial charge in [-0.2, -0.15) is 0 Å². The number of guanidine groups is 1. The van der Waals surface area contributed by atoms with E-state index in [0.29, 0.717) is 12.3 Å². The molecule has 1 aromatic rings. The first-order valence-corrected chi connectivity index (χ1v) is 10.5. The van der Waals surface area contributed by atoms with Gasteiger partial charge in [0.2, 0.25) is 0 Å². The molecule has 1 heterocycles. The van der Waals surface area contributed by atoms with Gasteiger partial charge in [-0.3, -0.25) is 4.99 Å². The van der Waals surface area contributed by atoms with Gasteiger partial charge in [0.1, 0.15) is 0 Å². The molecule has 0 amide bonds. The lowest BCUT2D eigenvalue weighted by atomic mass is 10.1. The Morgan fingerprint density at radius 3 is 2.78 bits per heavy atom. The Hall–Kier alpha value is -1.08. The van der Waals surface area contributed by atoms with Crippen LogP contribution < -0.4 is 5.32 Å². The summed E-state index contributed by atoms with van der Waals surface area (Å²) in [5, 5.41) is 3.28. The highest BCUT2D eigenvalue weighted by molar-refractivity contribution is 9.10. The van der Waals surface area contributed by atoms with Crippen LogP contribution in [-0.4, -0.2) is 50.9 Å². The van der Waals surface area contributed by atoms with Crippen LogP contribution in [-0.2, 0) is 16.4 Å². The highest BCUT2D eigenvalue weighted by Crippen LogP contribution is 2.19. The third-order valence-electron chi connectivity index (χ3n) is 3.89. The van der Waals surface area contributed by atoms with Gasteiger partial charge in [0.05, 0.1) is 11.5 Å². The molecule has 1 saturated heterocycles. The number of rotatable bonds is 5. The largest absolute Gasteiger partial charge is 0.357 e. The van der Waals surface area contributed by atoms with E-state index < -0.39 is 9.84 Å². The SMILES string of the molecule is CCNC(=NCC1CCS(=O)(=O)C1)N(C)Cc1ccccc1Br. The van der Waals surface area contributed by atoms with Crippen LogP contribution in [0.1, 0.15) is 18.9 Å². The van der Waals surface area contributed by atoms with Crippen molar-refractivity contribution in [3.63, 3.8) is 0 Å². The van der Waals surface area contributed by atoms with Gasteiger partial charge in [0.15, 0.2) is 15.8 Å². The molecule has 1 unspecified atom stereocenters. The van der Waals surface area contributed by atoms with Gasteiger partial charge in [-0.1, -0.05) is 34.1 Å². The van der Waals surface area contributed by atoms with Crippen LogP contribution in [0.2, 0.25) is 0 Å². The minimum atomic E-state index is -2.84. The molecule has 2 rings (SSSR count). The van der Waals surface area contributed by atoms with Crippen molar-refractivity contribution in [1.82, 2.24) is 10.2 Å². The topological polar surface area (TPSA) is 61.8 Å². The molecule has 23 heavy (non-hydrogen) atoms. The number of hydrogen-bond acceptors (Lipinski definition) is 3. The fraction of sp³-hybridized carbons (Fsp3) is 0.562. The quantitative estimate of drug-likeness (QED) is 0.607. The fourth-order valence-corrected chi connectivity index (χ4v) is 4.92. The number of nitrogens with one attached hydrogen (secondary N) is 1. The lowest BCUT2D eigenvalue weighted by Gasteiger charge is -2.23. The van der Waals surface area contributed by atoms with Gasteiger partial charge in [-0.25, -0.2) is 8.42 Å². The second-order valence-electron chi connectivity index (χ2n) is 5.91. The molecule has 0 aliphatic carbocycles. The monoisotopic (exact) mass is 401 g/mol. The van der Waals surface area contributed by atoms with E-state index in [9.17, 15) is 8.42 Å². The average Bonchev–Trinajstić information content (AvgIpc) is 2.85. The number of nitrogens with zero attached hydrogens (tertiary/aromatic N) is 2. The maximum Gasteiger partial charge on any atom is 0.193 e. The summed E-state index contributed by atoms with van der Waals surface area (Å²) in [5.41, 5.74) is 1.18. The number of hydrogen-bond donors (Lipinski definition) is 1. The maximum absolute atomic E-state index is 11.5. The molecule has 0 spiro atoms. The van der Waals surface area contributed by atoms with Crippen molar-refractivity contribution in [3.05, 3.63) is 34.3 Å². The predicted molar refractivity (Wildman–Crippen MR) is 98.3 cm³/mol. The minimum Gasteiger partial charge on any atom is -0.357 e. The van der Waals surface area contributed by atoms with Crippen molar-refractivity contribution in [1.29, 1.82) is 0 Å². The normalized spacial score (nSPS) is 20.5. The molecule has 0 bridgehead atoms. The van der Waals surface area contributed by atoms with Gasteiger partial charge < -0.3 is 10.2 Å². The summed E-state index contributed by atoms with van der Waals surface area (Å²) in [6.45, 7) is 4.10. The van der Waals surface area contributed by atoms with Crippen LogP contribution in [0.15, 0.2) is 33.7 Å². The maximum atomic E-state index is 11.5. The van der Waals surface area contributed by atoms with E-state index >= 15 is 0 Å². The standard InChI is InChI=1S/C16H24BrN3O2S/c1-3-18-16(19-10-13-8-9-23(21,22)12-13)20(2)11-14-6-4-5-7-15(14)17/h4-7,13H,3,8-12H2,1-2H3,(H,18,19). The summed E-state index contributed by atoms with van der Waals surface area (Å²) in [6, 6.07) is 8.11. The van der Waals surface area contributed by atoms with Crippen LogP contribution in [0, 0.1) is 5.92 Å². The lowest BCUT2D eigenvalue weighted by Crippen LogP contribution is -2.39. The summed E-state index contributed by atoms with van der Waals surface area (Å²) in [4.78, 5) is 6.70. The Labute approximate surface area is 147 Å². The first-order valence-electron chi connectivity index (χ1n) is 7.84. The van der Waals surface area contributed by atoms with Gasteiger partial charge in [0, 0.05) is 31.2 Å². The van der Waals surface area contributed by atoms with E-state index in [1.54, 1.807) is 0 Å². The third-order valence-corrected chi connectivity index (χ3v) is 6.50. The smallest absolute Gasteiger partial charge is 0.193 e. The number of benzene rings is 1. The van der Waals surface area contributed by atoms with E-state index in [1.165, 1.54) is 5.56 Å². The molecule has 1 atom stereocenters. The average molecular weight is 402 g/mol. The zero-order chi connectivity index (χ0) is 16.9. The summed E-state index contributed by atoms with van der Waals surface area (Å²) >= 11 is 3.56. The Morgan fingerprint density at radius 2 is 2.17 bits per heavy atom. The van der Waals surface area contributed by atoms with E-state index in [4.69, 9.17) is 0 Å². The molecule has 0 aromatic heterocycles. The van der Waals surface area contributed by atoms with Crippen LogP contribution >= 0.6 is 15.9 Å². The number of aliphatic imine (C=N–C) groups is 1. The van der Waals surface area contributed by atoms with Crippen molar-refractivity contribution in [2.45, 2.75) is 19.9 Å². The molecule has 0 saturated carbocycles. The summed E-state index contributed by atoms with van der Waals surface area (Å²) in [7, 11) is -0.847. The summed E-state index contributed by atoms with van der Waals surface area (Å²) in [6.07, 6.45) is 0.721. The van der Waals surface area contributed by atoms with Gasteiger partial charge in [-0.15, -0.1) is 0 Å². The molecule has 1 N–H and O–H groups in total. The first kappa shape index (κ1) is 18.3. The number of sulfone groups is 1. The Kier molecular flexibility index (Phi) is 6.47. The van der Waals surface area contributed by atoms with Crippen LogP contribution in [0.4, 0.5) is 0 Å². The molecule has 5 nitrogen and oxygen atoms in total. The second-order valence-corrected chi connectivity index (χ2v) is 8.99. The molecule has 1 aliphatic heterocycles. The molecule has 0 radical (unpaired) electrons. The van der Waals surface area contributed by atoms with E-state index in [1.807, 2.05) is 32.2 Å². The molecule has 128 valence electrons. The predicted octanol–water partition coefficient (Wildman–Crippen LogP) is 2.28. The Balaban J connectivity index is 2.02. The molecule has 1 aromatic carbocycles. The number of halogens is 1. The summed E-state index contributed by atoms with van der Waals surface area (Å²) in [5.74, 6) is 1.53. The zero-order valence-corrected chi connectivity index (χ0v) is 16.0. The summed E-state index contributed by atoms with van der Waals surface area (Å²) < 4.78 is 24.2. The van der Waals surface area contributed by atoms with Crippen molar-refractivity contribution in [2.24, 2.45) is 10.9 Å². The van der Waals surface area contributed by atoms with Gasteiger partial charge >= 0.3 is 0 Å². The van der Waals surface area contributed by atoms with Crippen molar-refractivity contribution >= 4 is 31.7 Å². The molecule has 7 heteroatoms. The molecular formula is C16H24BrN3O2S. The second kappa shape index (κ2) is 8.15. The highest BCUT2D eigenvalue weighted by Gasteiger charge is 2.27. The Bertz CT molecular complexity index is 661. The fourth-order valence-electron chi connectivity index (χ4n) is 2.66. The Morgan fingerprint density at radius 1 is 1.43 bits per heavy atom. The molecule has 1 aliphatic rings. The van der Waals surface area contributed by atoms with E-state index in [-0.39, 0.29) is 11.7 Å². The van der Waals surface area contributed by atoms with Crippen LogP contribution in [0.3, 0.4) is 0 Å². The molecular weight excluding hydrogens is 378 g/mol. The van der Waals surface area contributed by atoms with Crippen molar-refractivity contribution < 1.29 is 8.42 Å². The minimum absolute atomic E-state index is 0.144. The zero-order valence-electron chi connectivity index (χ0n) is 13.6.